The Balaban J connectivity index is 1.60. The number of hydrogen-bond acceptors (Lipinski definition) is 6. The van der Waals surface area contributed by atoms with Gasteiger partial charge in [0.15, 0.2) is 0 Å². The Kier molecular flexibility index (Phi) is 9.78. The first-order valence-corrected chi connectivity index (χ1v) is 16.1. The maximum atomic E-state index is 13.6. The van der Waals surface area contributed by atoms with Crippen LogP contribution < -0.4 is 5.32 Å². The molecule has 2 heterocycles. The third-order valence-corrected chi connectivity index (χ3v) is 10.5. The van der Waals surface area contributed by atoms with Crippen molar-refractivity contribution in [3.05, 3.63) is 81.7 Å². The summed E-state index contributed by atoms with van der Waals surface area (Å²) in [5.41, 5.74) is 3.16. The second-order valence-electron chi connectivity index (χ2n) is 9.70. The number of anilines is 1. The van der Waals surface area contributed by atoms with Crippen molar-refractivity contribution in [2.75, 3.05) is 38.0 Å². The summed E-state index contributed by atoms with van der Waals surface area (Å²) in [6.07, 6.45) is 0.731. The molecule has 1 N–H and O–H groups in total. The summed E-state index contributed by atoms with van der Waals surface area (Å²) in [5.74, 6) is -0.449. The summed E-state index contributed by atoms with van der Waals surface area (Å²) in [4.78, 5) is 32.3. The van der Waals surface area contributed by atoms with Crippen molar-refractivity contribution in [1.29, 1.82) is 0 Å². The van der Waals surface area contributed by atoms with E-state index in [1.165, 1.54) is 45.5 Å². The summed E-state index contributed by atoms with van der Waals surface area (Å²) in [6.45, 7) is 11.7. The molecular weight excluding hydrogens is 544 g/mol. The molecule has 3 aromatic rings. The molecule has 1 aliphatic rings. The minimum absolute atomic E-state index is 0.0741. The van der Waals surface area contributed by atoms with Gasteiger partial charge in [-0.05, 0) is 55.7 Å². The van der Waals surface area contributed by atoms with Crippen LogP contribution in [0.5, 0.6) is 0 Å². The van der Waals surface area contributed by atoms with E-state index in [0.29, 0.717) is 48.9 Å². The Labute approximate surface area is 241 Å². The average Bonchev–Trinajstić information content (AvgIpc) is 3.31. The van der Waals surface area contributed by atoms with Crippen LogP contribution in [-0.4, -0.2) is 67.1 Å². The zero-order chi connectivity index (χ0) is 28.9. The first-order chi connectivity index (χ1) is 19.2. The van der Waals surface area contributed by atoms with Gasteiger partial charge in [-0.2, -0.15) is 4.31 Å². The van der Waals surface area contributed by atoms with Crippen molar-refractivity contribution in [3.8, 4) is 0 Å². The van der Waals surface area contributed by atoms with E-state index in [4.69, 9.17) is 0 Å². The normalized spacial score (nSPS) is 13.7. The number of nitrogens with zero attached hydrogens (tertiary/aromatic N) is 3. The predicted octanol–water partition coefficient (Wildman–Crippen LogP) is 5.07. The SMILES string of the molecule is CCN(CC)C(=O)c1c(NC(=O)c2ccc(S(=O)(=O)N(CC)CC)cc2)sc2c1CCN(Cc1ccccc1)C2. The van der Waals surface area contributed by atoms with E-state index < -0.39 is 10.0 Å². The number of carbonyl (C=O) groups excluding carboxylic acids is 2. The number of thiophene rings is 1. The van der Waals surface area contributed by atoms with Gasteiger partial charge in [-0.15, -0.1) is 11.3 Å². The monoisotopic (exact) mass is 582 g/mol. The van der Waals surface area contributed by atoms with E-state index in [-0.39, 0.29) is 16.7 Å². The van der Waals surface area contributed by atoms with Gasteiger partial charge in [0.25, 0.3) is 11.8 Å². The molecule has 4 rings (SSSR count). The van der Waals surface area contributed by atoms with Crippen molar-refractivity contribution in [2.45, 2.75) is 52.1 Å². The Hall–Kier alpha value is -3.05. The summed E-state index contributed by atoms with van der Waals surface area (Å²) in [7, 11) is -3.62. The van der Waals surface area contributed by atoms with Crippen molar-refractivity contribution < 1.29 is 18.0 Å². The standard InChI is InChI=1S/C30H38N4O4S2/c1-5-33(6-2)30(36)27-25-18-19-32(20-22-12-10-9-11-13-22)21-26(25)39-29(27)31-28(35)23-14-16-24(17-15-23)40(37,38)34(7-3)8-4/h9-17H,5-8,18-21H2,1-4H3,(H,31,35). The number of benzene rings is 2. The van der Waals surface area contributed by atoms with Gasteiger partial charge in [0.2, 0.25) is 10.0 Å². The van der Waals surface area contributed by atoms with Gasteiger partial charge in [0.1, 0.15) is 5.00 Å². The molecule has 0 saturated heterocycles. The minimum atomic E-state index is -3.62. The maximum Gasteiger partial charge on any atom is 0.257 e. The molecule has 0 aliphatic carbocycles. The van der Waals surface area contributed by atoms with Gasteiger partial charge >= 0.3 is 0 Å². The summed E-state index contributed by atoms with van der Waals surface area (Å²) < 4.78 is 27.1. The van der Waals surface area contributed by atoms with Crippen LogP contribution in [0.1, 0.15) is 64.4 Å². The molecular formula is C30H38N4O4S2. The number of sulfonamides is 1. The van der Waals surface area contributed by atoms with Crippen molar-refractivity contribution in [3.63, 3.8) is 0 Å². The first-order valence-electron chi connectivity index (χ1n) is 13.8. The highest BCUT2D eigenvalue weighted by atomic mass is 32.2. The lowest BCUT2D eigenvalue weighted by Gasteiger charge is -2.28. The predicted molar refractivity (Wildman–Crippen MR) is 160 cm³/mol. The van der Waals surface area contributed by atoms with E-state index in [1.807, 2.05) is 32.0 Å². The van der Waals surface area contributed by atoms with Crippen LogP contribution in [0.15, 0.2) is 59.5 Å². The molecule has 0 unspecified atom stereocenters. The van der Waals surface area contributed by atoms with E-state index in [1.54, 1.807) is 18.7 Å². The molecule has 40 heavy (non-hydrogen) atoms. The number of nitrogens with one attached hydrogen (secondary N) is 1. The minimum Gasteiger partial charge on any atom is -0.339 e. The second-order valence-corrected chi connectivity index (χ2v) is 12.7. The van der Waals surface area contributed by atoms with Gasteiger partial charge in [-0.25, -0.2) is 8.42 Å². The molecule has 214 valence electrons. The van der Waals surface area contributed by atoms with E-state index in [2.05, 4.69) is 22.3 Å². The molecule has 2 amide bonds. The van der Waals surface area contributed by atoms with Crippen LogP contribution in [0.25, 0.3) is 0 Å². The molecule has 1 aliphatic heterocycles. The largest absolute Gasteiger partial charge is 0.339 e. The Morgan fingerprint density at radius 3 is 2.17 bits per heavy atom. The fourth-order valence-corrected chi connectivity index (χ4v) is 7.82. The van der Waals surface area contributed by atoms with Crippen LogP contribution in [0.3, 0.4) is 0 Å². The molecule has 0 bridgehead atoms. The topological polar surface area (TPSA) is 90.0 Å². The number of fused-ring (bicyclic) bond motifs is 1. The van der Waals surface area contributed by atoms with E-state index >= 15 is 0 Å². The fourth-order valence-electron chi connectivity index (χ4n) is 5.08. The van der Waals surface area contributed by atoms with Crippen LogP contribution in [-0.2, 0) is 29.5 Å². The number of rotatable bonds is 11. The molecule has 0 fully saturated rings. The van der Waals surface area contributed by atoms with Crippen LogP contribution >= 0.6 is 11.3 Å². The third kappa shape index (κ3) is 6.30. The number of amides is 2. The Bertz CT molecular complexity index is 1430. The number of hydrogen-bond donors (Lipinski definition) is 1. The van der Waals surface area contributed by atoms with Crippen molar-refractivity contribution >= 4 is 38.2 Å². The van der Waals surface area contributed by atoms with Gasteiger partial charge in [0, 0.05) is 56.3 Å². The molecule has 0 radical (unpaired) electrons. The zero-order valence-electron chi connectivity index (χ0n) is 23.6. The molecule has 0 spiro atoms. The summed E-state index contributed by atoms with van der Waals surface area (Å²) in [5, 5.41) is 3.54. The highest BCUT2D eigenvalue weighted by Gasteiger charge is 2.31. The van der Waals surface area contributed by atoms with Crippen molar-refractivity contribution in [1.82, 2.24) is 14.1 Å². The zero-order valence-corrected chi connectivity index (χ0v) is 25.3. The smallest absolute Gasteiger partial charge is 0.257 e. The molecule has 8 nitrogen and oxygen atoms in total. The Morgan fingerprint density at radius 2 is 1.57 bits per heavy atom. The summed E-state index contributed by atoms with van der Waals surface area (Å²) in [6, 6.07) is 16.3. The Morgan fingerprint density at radius 1 is 0.925 bits per heavy atom. The maximum absolute atomic E-state index is 13.6. The lowest BCUT2D eigenvalue weighted by atomic mass is 10.0. The lowest BCUT2D eigenvalue weighted by Crippen LogP contribution is -2.33. The van der Waals surface area contributed by atoms with E-state index in [9.17, 15) is 18.0 Å². The quantitative estimate of drug-likeness (QED) is 0.341. The second kappa shape index (κ2) is 13.1. The van der Waals surface area contributed by atoms with Gasteiger partial charge in [-0.3, -0.25) is 14.5 Å². The fraction of sp³-hybridized carbons (Fsp3) is 0.400. The van der Waals surface area contributed by atoms with Crippen LogP contribution in [0.2, 0.25) is 0 Å². The average molecular weight is 583 g/mol. The van der Waals surface area contributed by atoms with Gasteiger partial charge < -0.3 is 10.2 Å². The van der Waals surface area contributed by atoms with Gasteiger partial charge in [-0.1, -0.05) is 44.2 Å². The lowest BCUT2D eigenvalue weighted by molar-refractivity contribution is 0.0772. The molecule has 10 heteroatoms. The number of carbonyl (C=O) groups is 2. The summed E-state index contributed by atoms with van der Waals surface area (Å²) >= 11 is 1.46. The van der Waals surface area contributed by atoms with Crippen LogP contribution in [0, 0.1) is 0 Å². The molecule has 2 aromatic carbocycles. The van der Waals surface area contributed by atoms with Gasteiger partial charge in [0.05, 0.1) is 10.5 Å². The molecule has 0 saturated carbocycles. The highest BCUT2D eigenvalue weighted by molar-refractivity contribution is 7.89. The van der Waals surface area contributed by atoms with Crippen molar-refractivity contribution in [2.24, 2.45) is 0 Å². The first kappa shape index (κ1) is 29.9. The molecule has 0 atom stereocenters. The van der Waals surface area contributed by atoms with Crippen LogP contribution in [0.4, 0.5) is 5.00 Å². The third-order valence-electron chi connectivity index (χ3n) is 7.34. The molecule has 1 aromatic heterocycles. The highest BCUT2D eigenvalue weighted by Crippen LogP contribution is 2.38. The van der Waals surface area contributed by atoms with E-state index in [0.717, 1.165) is 30.0 Å².